The summed E-state index contributed by atoms with van der Waals surface area (Å²) in [6, 6.07) is 0. The molecule has 0 aromatic carbocycles. The highest BCUT2D eigenvalue weighted by atomic mass is 32.2. The molecule has 0 amide bonds. The van der Waals surface area contributed by atoms with Gasteiger partial charge in [-0.3, -0.25) is 13.9 Å². The predicted octanol–water partition coefficient (Wildman–Crippen LogP) is -0.865. The number of aryl methyl sites for hydroxylation is 1. The van der Waals surface area contributed by atoms with Gasteiger partial charge in [0.15, 0.2) is 5.65 Å². The van der Waals surface area contributed by atoms with Crippen LogP contribution in [-0.4, -0.2) is 30.3 Å². The lowest BCUT2D eigenvalue weighted by Gasteiger charge is -2.15. The summed E-state index contributed by atoms with van der Waals surface area (Å²) in [5.74, 6) is -0.485. The molecule has 1 atom stereocenters. The van der Waals surface area contributed by atoms with Gasteiger partial charge in [-0.25, -0.2) is 14.8 Å². The van der Waals surface area contributed by atoms with Gasteiger partial charge in [0.2, 0.25) is 0 Å². The van der Waals surface area contributed by atoms with Gasteiger partial charge in [-0.15, -0.1) is 0 Å². The molecule has 0 saturated heterocycles. The number of carbonyl (C=O) groups excluding carboxylic acids is 1. The topological polar surface area (TPSA) is 110 Å². The average Bonchev–Trinajstić information content (AvgIpc) is 3.34. The van der Waals surface area contributed by atoms with Gasteiger partial charge >= 0.3 is 5.69 Å². The number of fused-ring (bicyclic) bond motifs is 1. The summed E-state index contributed by atoms with van der Waals surface area (Å²) < 4.78 is 2.26. The molecule has 1 saturated carbocycles. The summed E-state index contributed by atoms with van der Waals surface area (Å²) in [5, 5.41) is 10.6. The highest BCUT2D eigenvalue weighted by Gasteiger charge is 2.29. The molecule has 0 unspecified atom stereocenters. The third-order valence-corrected chi connectivity index (χ3v) is 4.91. The van der Waals surface area contributed by atoms with Crippen LogP contribution in [0.25, 0.3) is 11.0 Å². The molecule has 2 aromatic heterocycles. The van der Waals surface area contributed by atoms with Gasteiger partial charge in [0.05, 0.1) is 5.97 Å². The number of nitrogens with zero attached hydrogens (tertiary/aromatic N) is 4. The fraction of sp³-hybridized carbons (Fsp3) is 0.500. The first-order chi connectivity index (χ1) is 10.8. The summed E-state index contributed by atoms with van der Waals surface area (Å²) in [5.41, 5.74) is -0.770. The SMILES string of the molecule is C[C@H](Sc1nc(C2CC2)nc2c1c(=O)n(C)c(=O)n2C)C(=O)[O-]. The first kappa shape index (κ1) is 15.7. The van der Waals surface area contributed by atoms with Gasteiger partial charge in [-0.05, 0) is 19.8 Å². The zero-order valence-electron chi connectivity index (χ0n) is 12.9. The highest BCUT2D eigenvalue weighted by Crippen LogP contribution is 2.39. The summed E-state index contributed by atoms with van der Waals surface area (Å²) >= 11 is 0.936. The van der Waals surface area contributed by atoms with Crippen molar-refractivity contribution in [3.8, 4) is 0 Å². The number of aromatic nitrogens is 4. The van der Waals surface area contributed by atoms with Gasteiger partial charge in [0.1, 0.15) is 16.2 Å². The van der Waals surface area contributed by atoms with E-state index >= 15 is 0 Å². The largest absolute Gasteiger partial charge is 0.549 e. The molecule has 1 aliphatic carbocycles. The van der Waals surface area contributed by atoms with Crippen molar-refractivity contribution in [2.24, 2.45) is 14.1 Å². The monoisotopic (exact) mass is 335 g/mol. The van der Waals surface area contributed by atoms with Crippen molar-refractivity contribution in [2.45, 2.75) is 36.0 Å². The Kier molecular flexibility index (Phi) is 3.75. The Labute approximate surface area is 135 Å². The van der Waals surface area contributed by atoms with Crippen LogP contribution in [0.4, 0.5) is 0 Å². The first-order valence-electron chi connectivity index (χ1n) is 7.16. The quantitative estimate of drug-likeness (QED) is 0.528. The number of rotatable bonds is 4. The Bertz CT molecular complexity index is 929. The fourth-order valence-electron chi connectivity index (χ4n) is 2.27. The minimum absolute atomic E-state index is 0.164. The number of carboxylic acids is 1. The molecular weight excluding hydrogens is 320 g/mol. The van der Waals surface area contributed by atoms with Crippen molar-refractivity contribution in [1.29, 1.82) is 0 Å². The van der Waals surface area contributed by atoms with Crippen LogP contribution in [0.15, 0.2) is 14.6 Å². The van der Waals surface area contributed by atoms with Crippen molar-refractivity contribution in [1.82, 2.24) is 19.1 Å². The lowest BCUT2D eigenvalue weighted by atomic mass is 10.3. The molecule has 9 heteroatoms. The van der Waals surface area contributed by atoms with Crippen molar-refractivity contribution < 1.29 is 9.90 Å². The Balaban J connectivity index is 2.33. The maximum atomic E-state index is 12.5. The molecule has 23 heavy (non-hydrogen) atoms. The van der Waals surface area contributed by atoms with E-state index in [1.807, 2.05) is 0 Å². The summed E-state index contributed by atoms with van der Waals surface area (Å²) in [4.78, 5) is 44.4. The summed E-state index contributed by atoms with van der Waals surface area (Å²) in [6.07, 6.45) is 1.90. The molecule has 1 aliphatic rings. The van der Waals surface area contributed by atoms with Gasteiger partial charge in [-0.1, -0.05) is 11.8 Å². The number of carbonyl (C=O) groups is 1. The van der Waals surface area contributed by atoms with E-state index in [9.17, 15) is 19.5 Å². The van der Waals surface area contributed by atoms with E-state index in [2.05, 4.69) is 9.97 Å². The van der Waals surface area contributed by atoms with Gasteiger partial charge in [-0.2, -0.15) is 0 Å². The van der Waals surface area contributed by atoms with Crippen molar-refractivity contribution in [3.63, 3.8) is 0 Å². The van der Waals surface area contributed by atoms with Gasteiger partial charge in [0.25, 0.3) is 5.56 Å². The second-order valence-electron chi connectivity index (χ2n) is 5.64. The normalized spacial score (nSPS) is 15.8. The molecule has 0 bridgehead atoms. The van der Waals surface area contributed by atoms with Crippen molar-refractivity contribution in [2.75, 3.05) is 0 Å². The van der Waals surface area contributed by atoms with Crippen LogP contribution in [0.5, 0.6) is 0 Å². The third-order valence-electron chi connectivity index (χ3n) is 3.85. The van der Waals surface area contributed by atoms with E-state index in [0.717, 1.165) is 29.2 Å². The summed E-state index contributed by atoms with van der Waals surface area (Å²) in [7, 11) is 2.90. The lowest BCUT2D eigenvalue weighted by Crippen LogP contribution is -2.38. The van der Waals surface area contributed by atoms with Crippen LogP contribution in [-0.2, 0) is 18.9 Å². The zero-order chi connectivity index (χ0) is 16.9. The summed E-state index contributed by atoms with van der Waals surface area (Å²) in [6.45, 7) is 1.47. The van der Waals surface area contributed by atoms with Crippen LogP contribution in [0.3, 0.4) is 0 Å². The van der Waals surface area contributed by atoms with Crippen LogP contribution in [0.1, 0.15) is 31.5 Å². The minimum Gasteiger partial charge on any atom is -0.549 e. The van der Waals surface area contributed by atoms with Gasteiger partial charge < -0.3 is 9.90 Å². The standard InChI is InChI=1S/C14H16N4O4S/c1-6(13(20)21)23-11-8-10(15-9(16-11)7-4-5-7)17(2)14(22)18(3)12(8)19/h6-7H,4-5H2,1-3H3,(H,20,21)/p-1/t6-/m0/s1. The molecule has 3 rings (SSSR count). The maximum Gasteiger partial charge on any atom is 0.332 e. The molecule has 8 nitrogen and oxygen atoms in total. The van der Waals surface area contributed by atoms with E-state index in [1.165, 1.54) is 25.6 Å². The first-order valence-corrected chi connectivity index (χ1v) is 8.04. The van der Waals surface area contributed by atoms with Crippen LogP contribution in [0, 0.1) is 0 Å². The fourth-order valence-corrected chi connectivity index (χ4v) is 3.14. The number of thioether (sulfide) groups is 1. The maximum absolute atomic E-state index is 12.5. The molecule has 0 radical (unpaired) electrons. The molecule has 122 valence electrons. The molecule has 2 aromatic rings. The Morgan fingerprint density at radius 2 is 1.91 bits per heavy atom. The van der Waals surface area contributed by atoms with E-state index in [0.29, 0.717) is 5.82 Å². The second-order valence-corrected chi connectivity index (χ2v) is 6.97. The van der Waals surface area contributed by atoms with Gasteiger partial charge in [0, 0.05) is 25.3 Å². The van der Waals surface area contributed by atoms with Crippen LogP contribution < -0.4 is 16.4 Å². The molecular formula is C14H15N4O4S-. The van der Waals surface area contributed by atoms with Crippen LogP contribution >= 0.6 is 11.8 Å². The average molecular weight is 335 g/mol. The van der Waals surface area contributed by atoms with E-state index in [-0.39, 0.29) is 22.0 Å². The number of hydrogen-bond donors (Lipinski definition) is 0. The minimum atomic E-state index is -1.24. The van der Waals surface area contributed by atoms with E-state index < -0.39 is 22.5 Å². The smallest absolute Gasteiger partial charge is 0.332 e. The van der Waals surface area contributed by atoms with Crippen molar-refractivity contribution >= 4 is 28.8 Å². The highest BCUT2D eigenvalue weighted by molar-refractivity contribution is 8.00. The molecule has 0 spiro atoms. The molecule has 0 aliphatic heterocycles. The predicted molar refractivity (Wildman–Crippen MR) is 82.3 cm³/mol. The Morgan fingerprint density at radius 3 is 2.48 bits per heavy atom. The van der Waals surface area contributed by atoms with E-state index in [4.69, 9.17) is 0 Å². The zero-order valence-corrected chi connectivity index (χ0v) is 13.7. The molecule has 1 fully saturated rings. The van der Waals surface area contributed by atoms with Crippen molar-refractivity contribution in [3.05, 3.63) is 26.7 Å². The number of carboxylic acid groups (broad SMARTS) is 1. The Hall–Kier alpha value is -2.16. The third kappa shape index (κ3) is 2.65. The molecule has 0 N–H and O–H groups in total. The number of hydrogen-bond acceptors (Lipinski definition) is 7. The van der Waals surface area contributed by atoms with E-state index in [1.54, 1.807) is 0 Å². The molecule has 2 heterocycles. The Morgan fingerprint density at radius 1 is 1.26 bits per heavy atom. The second kappa shape index (κ2) is 5.48. The lowest BCUT2D eigenvalue weighted by molar-refractivity contribution is -0.304. The number of aliphatic carboxylic acids is 1. The van der Waals surface area contributed by atoms with Crippen LogP contribution in [0.2, 0.25) is 0 Å².